The summed E-state index contributed by atoms with van der Waals surface area (Å²) in [5.74, 6) is 1.08. The first-order chi connectivity index (χ1) is 12.2. The summed E-state index contributed by atoms with van der Waals surface area (Å²) in [6.45, 7) is 3.51. The highest BCUT2D eigenvalue weighted by atomic mass is 35.5. The van der Waals surface area contributed by atoms with Crippen LogP contribution in [0.25, 0.3) is 0 Å². The number of nitrogens with zero attached hydrogens (tertiary/aromatic N) is 4. The van der Waals surface area contributed by atoms with Crippen LogP contribution in [0.1, 0.15) is 12.5 Å². The van der Waals surface area contributed by atoms with Crippen molar-refractivity contribution in [2.24, 2.45) is 0 Å². The van der Waals surface area contributed by atoms with Gasteiger partial charge < -0.3 is 10.2 Å². The van der Waals surface area contributed by atoms with E-state index in [2.05, 4.69) is 39.6 Å². The van der Waals surface area contributed by atoms with Crippen molar-refractivity contribution in [2.45, 2.75) is 13.5 Å². The first kappa shape index (κ1) is 17.5. The Hall–Kier alpha value is -2.37. The number of hydrogen-bond acceptors (Lipinski definition) is 5. The number of para-hydroxylation sites is 1. The Balaban J connectivity index is 1.83. The molecule has 1 aromatic heterocycles. The Morgan fingerprint density at radius 1 is 1.00 bits per heavy atom. The summed E-state index contributed by atoms with van der Waals surface area (Å²) in [7, 11) is 0. The molecule has 0 atom stereocenters. The average Bonchev–Trinajstić information content (AvgIpc) is 2.64. The molecule has 0 saturated heterocycles. The van der Waals surface area contributed by atoms with Gasteiger partial charge in [0.15, 0.2) is 5.82 Å². The molecule has 1 N–H and O–H groups in total. The molecule has 128 valence electrons. The summed E-state index contributed by atoms with van der Waals surface area (Å²) >= 11 is 12.4. The van der Waals surface area contributed by atoms with E-state index in [1.165, 1.54) is 5.56 Å². The molecule has 0 spiro atoms. The maximum Gasteiger partial charge on any atom is 0.247 e. The normalized spacial score (nSPS) is 10.5. The molecule has 0 unspecified atom stereocenters. The zero-order valence-electron chi connectivity index (χ0n) is 13.7. The molecule has 3 aromatic rings. The molecular formula is C18H17Cl2N5. The Bertz CT molecular complexity index is 822. The maximum atomic E-state index is 6.20. The van der Waals surface area contributed by atoms with Gasteiger partial charge in [-0.15, -0.1) is 5.10 Å². The van der Waals surface area contributed by atoms with Crippen LogP contribution in [0.4, 0.5) is 17.5 Å². The van der Waals surface area contributed by atoms with E-state index in [0.717, 1.165) is 6.54 Å². The fourth-order valence-electron chi connectivity index (χ4n) is 2.36. The molecule has 5 nitrogen and oxygen atoms in total. The molecule has 0 radical (unpaired) electrons. The van der Waals surface area contributed by atoms with E-state index in [9.17, 15) is 0 Å². The standard InChI is InChI=1S/C18H17Cl2N5/c1-2-25(12-13-7-4-3-5-8-13)18-23-16(11-21-24-18)22-17-14(19)9-6-10-15(17)20/h3-11H,2,12H2,1H3,(H,22,23,24). The topological polar surface area (TPSA) is 53.9 Å². The molecule has 0 aliphatic carbocycles. The second-order valence-electron chi connectivity index (χ2n) is 5.36. The van der Waals surface area contributed by atoms with Crippen molar-refractivity contribution in [2.75, 3.05) is 16.8 Å². The molecule has 1 heterocycles. The van der Waals surface area contributed by atoms with E-state index >= 15 is 0 Å². The lowest BCUT2D eigenvalue weighted by Gasteiger charge is -2.20. The van der Waals surface area contributed by atoms with Gasteiger partial charge in [-0.05, 0) is 24.6 Å². The van der Waals surface area contributed by atoms with Crippen LogP contribution in [0.3, 0.4) is 0 Å². The van der Waals surface area contributed by atoms with Gasteiger partial charge in [-0.25, -0.2) is 0 Å². The van der Waals surface area contributed by atoms with Gasteiger partial charge in [0, 0.05) is 13.1 Å². The van der Waals surface area contributed by atoms with Gasteiger partial charge in [-0.3, -0.25) is 0 Å². The van der Waals surface area contributed by atoms with Gasteiger partial charge in [-0.1, -0.05) is 59.6 Å². The smallest absolute Gasteiger partial charge is 0.247 e. The van der Waals surface area contributed by atoms with Crippen LogP contribution in [-0.2, 0) is 6.54 Å². The number of halogens is 2. The molecule has 0 bridgehead atoms. The predicted octanol–water partition coefficient (Wildman–Crippen LogP) is 4.95. The van der Waals surface area contributed by atoms with Crippen molar-refractivity contribution in [1.29, 1.82) is 0 Å². The zero-order valence-corrected chi connectivity index (χ0v) is 15.2. The highest BCUT2D eigenvalue weighted by Gasteiger charge is 2.12. The summed E-state index contributed by atoms with van der Waals surface area (Å²) in [5, 5.41) is 12.4. The first-order valence-corrected chi connectivity index (χ1v) is 8.62. The van der Waals surface area contributed by atoms with Crippen molar-refractivity contribution in [3.05, 3.63) is 70.3 Å². The minimum Gasteiger partial charge on any atom is -0.336 e. The number of aromatic nitrogens is 3. The fraction of sp³-hybridized carbons (Fsp3) is 0.167. The van der Waals surface area contributed by atoms with E-state index < -0.39 is 0 Å². The Morgan fingerprint density at radius 3 is 2.40 bits per heavy atom. The fourth-order valence-corrected chi connectivity index (χ4v) is 2.85. The third kappa shape index (κ3) is 4.38. The van der Waals surface area contributed by atoms with Crippen LogP contribution in [0.5, 0.6) is 0 Å². The van der Waals surface area contributed by atoms with Crippen molar-refractivity contribution >= 4 is 40.7 Å². The van der Waals surface area contributed by atoms with Crippen LogP contribution in [0, 0.1) is 0 Å². The van der Waals surface area contributed by atoms with Gasteiger partial charge >= 0.3 is 0 Å². The lowest BCUT2D eigenvalue weighted by atomic mass is 10.2. The minimum absolute atomic E-state index is 0.518. The van der Waals surface area contributed by atoms with Crippen LogP contribution in [0.2, 0.25) is 10.0 Å². The summed E-state index contributed by atoms with van der Waals surface area (Å²) < 4.78 is 0. The molecular weight excluding hydrogens is 357 g/mol. The number of nitrogens with one attached hydrogen (secondary N) is 1. The van der Waals surface area contributed by atoms with Crippen molar-refractivity contribution in [3.8, 4) is 0 Å². The number of anilines is 3. The van der Waals surface area contributed by atoms with Crippen molar-refractivity contribution in [3.63, 3.8) is 0 Å². The lowest BCUT2D eigenvalue weighted by Crippen LogP contribution is -2.24. The van der Waals surface area contributed by atoms with Gasteiger partial charge in [0.2, 0.25) is 5.95 Å². The van der Waals surface area contributed by atoms with E-state index in [4.69, 9.17) is 23.2 Å². The minimum atomic E-state index is 0.518. The zero-order chi connectivity index (χ0) is 17.6. The highest BCUT2D eigenvalue weighted by Crippen LogP contribution is 2.32. The summed E-state index contributed by atoms with van der Waals surface area (Å²) in [6.07, 6.45) is 1.54. The van der Waals surface area contributed by atoms with E-state index in [1.807, 2.05) is 23.1 Å². The van der Waals surface area contributed by atoms with E-state index in [-0.39, 0.29) is 0 Å². The molecule has 25 heavy (non-hydrogen) atoms. The van der Waals surface area contributed by atoms with Gasteiger partial charge in [0.05, 0.1) is 21.9 Å². The number of rotatable bonds is 6. The molecule has 7 heteroatoms. The van der Waals surface area contributed by atoms with Crippen LogP contribution in [-0.4, -0.2) is 21.7 Å². The highest BCUT2D eigenvalue weighted by molar-refractivity contribution is 6.39. The number of hydrogen-bond donors (Lipinski definition) is 1. The van der Waals surface area contributed by atoms with Gasteiger partial charge in [-0.2, -0.15) is 10.1 Å². The SMILES string of the molecule is CCN(Cc1ccccc1)c1nncc(Nc2c(Cl)cccc2Cl)n1. The maximum absolute atomic E-state index is 6.20. The largest absolute Gasteiger partial charge is 0.336 e. The monoisotopic (exact) mass is 373 g/mol. The van der Waals surface area contributed by atoms with Crippen molar-refractivity contribution < 1.29 is 0 Å². The third-order valence-corrected chi connectivity index (χ3v) is 4.27. The van der Waals surface area contributed by atoms with Crippen LogP contribution in [0.15, 0.2) is 54.7 Å². The molecule has 0 saturated carbocycles. The summed E-state index contributed by atoms with van der Waals surface area (Å²) in [5.41, 5.74) is 1.78. The second kappa shape index (κ2) is 8.14. The van der Waals surface area contributed by atoms with E-state index in [0.29, 0.717) is 34.0 Å². The molecule has 2 aromatic carbocycles. The molecule has 3 rings (SSSR count). The first-order valence-electron chi connectivity index (χ1n) is 7.87. The molecule has 0 aliphatic heterocycles. The van der Waals surface area contributed by atoms with Gasteiger partial charge in [0.1, 0.15) is 0 Å². The molecule has 0 fully saturated rings. The van der Waals surface area contributed by atoms with Crippen LogP contribution >= 0.6 is 23.2 Å². The van der Waals surface area contributed by atoms with Gasteiger partial charge in [0.25, 0.3) is 0 Å². The summed E-state index contributed by atoms with van der Waals surface area (Å²) in [6, 6.07) is 15.5. The third-order valence-electron chi connectivity index (χ3n) is 3.64. The van der Waals surface area contributed by atoms with E-state index in [1.54, 1.807) is 24.4 Å². The Kier molecular flexibility index (Phi) is 5.68. The van der Waals surface area contributed by atoms with Crippen molar-refractivity contribution in [1.82, 2.24) is 15.2 Å². The lowest BCUT2D eigenvalue weighted by molar-refractivity contribution is 0.771. The molecule has 0 aliphatic rings. The molecule has 0 amide bonds. The number of benzene rings is 2. The Labute approximate surface area is 156 Å². The summed E-state index contributed by atoms with van der Waals surface area (Å²) in [4.78, 5) is 6.58. The van der Waals surface area contributed by atoms with Crippen LogP contribution < -0.4 is 10.2 Å². The predicted molar refractivity (Wildman–Crippen MR) is 103 cm³/mol. The quantitative estimate of drug-likeness (QED) is 0.662. The Morgan fingerprint density at radius 2 is 1.72 bits per heavy atom. The average molecular weight is 374 g/mol. The second-order valence-corrected chi connectivity index (χ2v) is 6.18.